The summed E-state index contributed by atoms with van der Waals surface area (Å²) in [5, 5.41) is 24.2. The molecule has 0 spiro atoms. The molecule has 23 heavy (non-hydrogen) atoms. The number of tetrazole rings is 1. The molecule has 116 valence electrons. The number of aromatic amines is 1. The summed E-state index contributed by atoms with van der Waals surface area (Å²) in [6.45, 7) is 0. The van der Waals surface area contributed by atoms with Crippen molar-refractivity contribution in [1.82, 2.24) is 20.6 Å². The van der Waals surface area contributed by atoms with Crippen LogP contribution < -0.4 is 0 Å². The van der Waals surface area contributed by atoms with E-state index in [2.05, 4.69) is 20.6 Å². The SMILES string of the molecule is O=C(C=C(O)c1nn[nH]n1)c1cc(Cc2ccccc2F)cs1. The van der Waals surface area contributed by atoms with E-state index in [1.807, 2.05) is 0 Å². The Bertz CT molecular complexity index is 858. The monoisotopic (exact) mass is 330 g/mol. The van der Waals surface area contributed by atoms with Crippen molar-refractivity contribution in [2.45, 2.75) is 6.42 Å². The maximum absolute atomic E-state index is 13.6. The van der Waals surface area contributed by atoms with E-state index in [-0.39, 0.29) is 23.2 Å². The number of ketones is 1. The maximum atomic E-state index is 13.6. The number of aliphatic hydroxyl groups excluding tert-OH is 1. The highest BCUT2D eigenvalue weighted by molar-refractivity contribution is 7.12. The first-order chi connectivity index (χ1) is 11.1. The van der Waals surface area contributed by atoms with Crippen molar-refractivity contribution in [3.63, 3.8) is 0 Å². The zero-order valence-electron chi connectivity index (χ0n) is 11.7. The van der Waals surface area contributed by atoms with Crippen LogP contribution in [0.15, 0.2) is 41.8 Å². The van der Waals surface area contributed by atoms with Gasteiger partial charge in [-0.25, -0.2) is 4.39 Å². The molecule has 0 fully saturated rings. The topological polar surface area (TPSA) is 91.8 Å². The summed E-state index contributed by atoms with van der Waals surface area (Å²) in [5.74, 6) is -1.08. The van der Waals surface area contributed by atoms with Gasteiger partial charge in [-0.3, -0.25) is 4.79 Å². The van der Waals surface area contributed by atoms with Gasteiger partial charge in [-0.05, 0) is 33.9 Å². The molecular weight excluding hydrogens is 319 g/mol. The Labute approximate surface area is 134 Å². The van der Waals surface area contributed by atoms with Crippen molar-refractivity contribution in [2.75, 3.05) is 0 Å². The molecule has 0 aliphatic heterocycles. The second-order valence-electron chi connectivity index (χ2n) is 4.72. The molecule has 3 aromatic rings. The van der Waals surface area contributed by atoms with Crippen molar-refractivity contribution < 1.29 is 14.3 Å². The van der Waals surface area contributed by atoms with Crippen LogP contribution in [0.4, 0.5) is 4.39 Å². The molecule has 1 aromatic carbocycles. The van der Waals surface area contributed by atoms with Gasteiger partial charge in [-0.1, -0.05) is 18.2 Å². The Kier molecular flexibility index (Phi) is 4.24. The largest absolute Gasteiger partial charge is 0.504 e. The molecule has 2 N–H and O–H groups in total. The minimum absolute atomic E-state index is 0.0542. The van der Waals surface area contributed by atoms with Crippen molar-refractivity contribution in [3.05, 3.63) is 69.4 Å². The van der Waals surface area contributed by atoms with Gasteiger partial charge in [0.2, 0.25) is 5.82 Å². The van der Waals surface area contributed by atoms with Crippen molar-refractivity contribution in [2.24, 2.45) is 0 Å². The van der Waals surface area contributed by atoms with E-state index in [0.29, 0.717) is 16.9 Å². The highest BCUT2D eigenvalue weighted by Gasteiger charge is 2.12. The van der Waals surface area contributed by atoms with Gasteiger partial charge in [0, 0.05) is 12.5 Å². The first-order valence-electron chi connectivity index (χ1n) is 6.63. The van der Waals surface area contributed by atoms with Gasteiger partial charge < -0.3 is 5.11 Å². The minimum atomic E-state index is -0.378. The minimum Gasteiger partial charge on any atom is -0.504 e. The maximum Gasteiger partial charge on any atom is 0.239 e. The number of carbonyl (C=O) groups excluding carboxylic acids is 1. The molecular formula is C15H11FN4O2S. The van der Waals surface area contributed by atoms with Gasteiger partial charge >= 0.3 is 0 Å². The van der Waals surface area contributed by atoms with Crippen LogP contribution in [0.2, 0.25) is 0 Å². The standard InChI is InChI=1S/C15H11FN4O2S/c16-11-4-2-1-3-10(11)5-9-6-14(23-8-9)12(21)7-13(22)15-17-19-20-18-15/h1-4,6-8,22H,5H2,(H,17,18,19,20). The molecule has 2 aromatic heterocycles. The fourth-order valence-electron chi connectivity index (χ4n) is 1.99. The highest BCUT2D eigenvalue weighted by Crippen LogP contribution is 2.21. The highest BCUT2D eigenvalue weighted by atomic mass is 32.1. The zero-order valence-corrected chi connectivity index (χ0v) is 12.5. The summed E-state index contributed by atoms with van der Waals surface area (Å²) in [5.41, 5.74) is 1.39. The fraction of sp³-hybridized carbons (Fsp3) is 0.0667. The van der Waals surface area contributed by atoms with Crippen LogP contribution in [0, 0.1) is 5.82 Å². The van der Waals surface area contributed by atoms with Gasteiger partial charge in [-0.15, -0.1) is 21.5 Å². The van der Waals surface area contributed by atoms with Crippen molar-refractivity contribution in [1.29, 1.82) is 0 Å². The Morgan fingerprint density at radius 2 is 2.22 bits per heavy atom. The lowest BCUT2D eigenvalue weighted by Gasteiger charge is -2.00. The third kappa shape index (κ3) is 3.49. The average Bonchev–Trinajstić information content (AvgIpc) is 3.21. The van der Waals surface area contributed by atoms with Gasteiger partial charge in [0.1, 0.15) is 5.82 Å². The number of allylic oxidation sites excluding steroid dienone is 1. The molecule has 0 unspecified atom stereocenters. The number of nitrogens with zero attached hydrogens (tertiary/aromatic N) is 3. The van der Waals surface area contributed by atoms with Gasteiger partial charge in [0.25, 0.3) is 0 Å². The first kappa shape index (κ1) is 15.0. The van der Waals surface area contributed by atoms with E-state index >= 15 is 0 Å². The third-order valence-corrected chi connectivity index (χ3v) is 4.08. The lowest BCUT2D eigenvalue weighted by atomic mass is 10.1. The van der Waals surface area contributed by atoms with E-state index in [4.69, 9.17) is 0 Å². The summed E-state index contributed by atoms with van der Waals surface area (Å²) < 4.78 is 13.6. The number of rotatable bonds is 5. The van der Waals surface area contributed by atoms with Crippen LogP contribution in [-0.4, -0.2) is 31.5 Å². The van der Waals surface area contributed by atoms with E-state index in [0.717, 1.165) is 11.6 Å². The third-order valence-electron chi connectivity index (χ3n) is 3.09. The molecule has 8 heteroatoms. The molecule has 0 aliphatic carbocycles. The second-order valence-corrected chi connectivity index (χ2v) is 5.63. The quantitative estimate of drug-likeness (QED) is 0.426. The van der Waals surface area contributed by atoms with Crippen LogP contribution in [0.1, 0.15) is 26.6 Å². The van der Waals surface area contributed by atoms with Crippen molar-refractivity contribution in [3.8, 4) is 0 Å². The Morgan fingerprint density at radius 1 is 1.39 bits per heavy atom. The van der Waals surface area contributed by atoms with Crippen molar-refractivity contribution >= 4 is 22.9 Å². The van der Waals surface area contributed by atoms with Crippen LogP contribution in [0.5, 0.6) is 0 Å². The van der Waals surface area contributed by atoms with Crippen LogP contribution in [0.25, 0.3) is 5.76 Å². The van der Waals surface area contributed by atoms with E-state index in [1.54, 1.807) is 29.6 Å². The lowest BCUT2D eigenvalue weighted by Crippen LogP contribution is -1.95. The molecule has 2 heterocycles. The smallest absolute Gasteiger partial charge is 0.239 e. The van der Waals surface area contributed by atoms with Gasteiger partial charge in [0.15, 0.2) is 11.5 Å². The number of nitrogens with one attached hydrogen (secondary N) is 1. The van der Waals surface area contributed by atoms with Crippen LogP contribution in [-0.2, 0) is 6.42 Å². The summed E-state index contributed by atoms with van der Waals surface area (Å²) in [6, 6.07) is 8.19. The molecule has 0 aliphatic rings. The number of hydrogen-bond acceptors (Lipinski definition) is 6. The summed E-state index contributed by atoms with van der Waals surface area (Å²) in [7, 11) is 0. The number of thiophene rings is 1. The molecule has 3 rings (SSSR count). The number of hydrogen-bond donors (Lipinski definition) is 2. The van der Waals surface area contributed by atoms with Gasteiger partial charge in [-0.2, -0.15) is 5.21 Å². The van der Waals surface area contributed by atoms with Crippen LogP contribution in [0.3, 0.4) is 0 Å². The molecule has 0 atom stereocenters. The molecule has 6 nitrogen and oxygen atoms in total. The number of aromatic nitrogens is 4. The van der Waals surface area contributed by atoms with E-state index in [9.17, 15) is 14.3 Å². The summed E-state index contributed by atoms with van der Waals surface area (Å²) >= 11 is 1.23. The van der Waals surface area contributed by atoms with Crippen LogP contribution >= 0.6 is 11.3 Å². The summed E-state index contributed by atoms with van der Waals surface area (Å²) in [6.07, 6.45) is 1.43. The Balaban J connectivity index is 1.75. The molecule has 0 amide bonds. The number of benzene rings is 1. The van der Waals surface area contributed by atoms with E-state index < -0.39 is 0 Å². The zero-order chi connectivity index (χ0) is 16.2. The first-order valence-corrected chi connectivity index (χ1v) is 7.51. The molecule has 0 saturated heterocycles. The molecule has 0 saturated carbocycles. The van der Waals surface area contributed by atoms with Gasteiger partial charge in [0.05, 0.1) is 4.88 Å². The molecule has 0 bridgehead atoms. The second kappa shape index (κ2) is 6.49. The average molecular weight is 330 g/mol. The normalized spacial score (nSPS) is 11.6. The Hall–Kier alpha value is -2.87. The number of aliphatic hydroxyl groups is 1. The fourth-order valence-corrected chi connectivity index (χ4v) is 2.81. The number of H-pyrrole nitrogens is 1. The number of halogens is 1. The molecule has 0 radical (unpaired) electrons. The Morgan fingerprint density at radius 3 is 2.96 bits per heavy atom. The predicted molar refractivity (Wildman–Crippen MR) is 82.6 cm³/mol. The lowest BCUT2D eigenvalue weighted by molar-refractivity contribution is 0.104. The van der Waals surface area contributed by atoms with E-state index in [1.165, 1.54) is 17.4 Å². The summed E-state index contributed by atoms with van der Waals surface area (Å²) in [4.78, 5) is 12.5. The number of carbonyl (C=O) groups is 1. The predicted octanol–water partition coefficient (Wildman–Crippen LogP) is 2.77.